The Morgan fingerprint density at radius 1 is 1.42 bits per heavy atom. The minimum Gasteiger partial charge on any atom is -0.480 e. The topological polar surface area (TPSA) is 91.3 Å². The number of urea groups is 1. The maximum atomic E-state index is 11.6. The lowest BCUT2D eigenvalue weighted by Crippen LogP contribution is -2.45. The van der Waals surface area contributed by atoms with E-state index in [9.17, 15) is 9.59 Å². The highest BCUT2D eigenvalue weighted by atomic mass is 16.4. The van der Waals surface area contributed by atoms with E-state index in [1.165, 1.54) is 0 Å². The summed E-state index contributed by atoms with van der Waals surface area (Å²) in [7, 11) is 0. The van der Waals surface area contributed by atoms with E-state index >= 15 is 0 Å². The van der Waals surface area contributed by atoms with E-state index in [1.54, 1.807) is 13.1 Å². The van der Waals surface area contributed by atoms with Gasteiger partial charge in [0.1, 0.15) is 6.04 Å². The molecule has 104 valence electrons. The van der Waals surface area contributed by atoms with Crippen molar-refractivity contribution in [2.45, 2.75) is 39.3 Å². The summed E-state index contributed by atoms with van der Waals surface area (Å²) < 4.78 is 0. The summed E-state index contributed by atoms with van der Waals surface area (Å²) in [4.78, 5) is 26.6. The molecule has 1 unspecified atom stereocenters. The number of nitrogens with one attached hydrogen (secondary N) is 2. The van der Waals surface area contributed by atoms with E-state index < -0.39 is 18.0 Å². The Labute approximate surface area is 112 Å². The molecule has 1 rings (SSSR count). The molecular weight excluding hydrogens is 246 g/mol. The Kier molecular flexibility index (Phi) is 5.78. The monoisotopic (exact) mass is 265 g/mol. The number of nitrogens with zero attached hydrogens (tertiary/aromatic N) is 1. The van der Waals surface area contributed by atoms with Gasteiger partial charge in [-0.15, -0.1) is 0 Å². The third-order valence-corrected chi connectivity index (χ3v) is 2.79. The van der Waals surface area contributed by atoms with Crippen LogP contribution in [0.15, 0.2) is 18.3 Å². The normalized spacial score (nSPS) is 11.7. The van der Waals surface area contributed by atoms with Crippen molar-refractivity contribution in [3.8, 4) is 0 Å². The first-order chi connectivity index (χ1) is 9.08. The molecule has 0 aromatic carbocycles. The summed E-state index contributed by atoms with van der Waals surface area (Å²) in [5.74, 6) is -1.04. The average molecular weight is 265 g/mol. The fraction of sp³-hybridized carbons (Fsp3) is 0.462. The molecule has 6 heteroatoms. The molecule has 0 aliphatic heterocycles. The number of hydrogen-bond acceptors (Lipinski definition) is 3. The number of carbonyl (C=O) groups is 2. The van der Waals surface area contributed by atoms with Crippen LogP contribution in [0.25, 0.3) is 0 Å². The zero-order valence-electron chi connectivity index (χ0n) is 11.1. The van der Waals surface area contributed by atoms with Gasteiger partial charge in [-0.2, -0.15) is 0 Å². The maximum Gasteiger partial charge on any atom is 0.326 e. The van der Waals surface area contributed by atoms with Gasteiger partial charge in [-0.3, -0.25) is 4.98 Å². The largest absolute Gasteiger partial charge is 0.480 e. The molecule has 0 bridgehead atoms. The van der Waals surface area contributed by atoms with Gasteiger partial charge in [-0.1, -0.05) is 19.9 Å². The summed E-state index contributed by atoms with van der Waals surface area (Å²) in [6, 6.07) is 2.44. The molecular formula is C13H19N3O3. The van der Waals surface area contributed by atoms with Crippen molar-refractivity contribution < 1.29 is 14.7 Å². The Morgan fingerprint density at radius 2 is 2.16 bits per heavy atom. The molecule has 1 aromatic heterocycles. The fourth-order valence-corrected chi connectivity index (χ4v) is 1.66. The second-order valence-corrected chi connectivity index (χ2v) is 4.09. The molecule has 0 fully saturated rings. The number of rotatable bonds is 6. The van der Waals surface area contributed by atoms with Crippen LogP contribution in [0.4, 0.5) is 4.79 Å². The lowest BCUT2D eigenvalue weighted by atomic mass is 10.1. The number of aryl methyl sites for hydroxylation is 1. The summed E-state index contributed by atoms with van der Waals surface area (Å²) in [6.45, 7) is 4.00. The smallest absolute Gasteiger partial charge is 0.326 e. The molecule has 2 amide bonds. The first kappa shape index (κ1) is 14.9. The molecule has 3 N–H and O–H groups in total. The van der Waals surface area contributed by atoms with Crippen LogP contribution < -0.4 is 10.6 Å². The van der Waals surface area contributed by atoms with Crippen molar-refractivity contribution in [2.75, 3.05) is 0 Å². The number of aromatic nitrogens is 1. The van der Waals surface area contributed by atoms with Crippen molar-refractivity contribution in [3.63, 3.8) is 0 Å². The average Bonchev–Trinajstić information content (AvgIpc) is 2.42. The molecule has 1 heterocycles. The molecule has 1 aromatic rings. The molecule has 0 saturated carbocycles. The van der Waals surface area contributed by atoms with Crippen LogP contribution in [0.5, 0.6) is 0 Å². The zero-order chi connectivity index (χ0) is 14.3. The van der Waals surface area contributed by atoms with Gasteiger partial charge < -0.3 is 15.7 Å². The first-order valence-corrected chi connectivity index (χ1v) is 6.28. The number of aliphatic carboxylic acids is 1. The van der Waals surface area contributed by atoms with Gasteiger partial charge in [-0.05, 0) is 24.5 Å². The van der Waals surface area contributed by atoms with Crippen molar-refractivity contribution in [1.29, 1.82) is 0 Å². The summed E-state index contributed by atoms with van der Waals surface area (Å²) in [5, 5.41) is 13.8. The van der Waals surface area contributed by atoms with Crippen LogP contribution in [0, 0.1) is 0 Å². The van der Waals surface area contributed by atoms with Gasteiger partial charge in [-0.25, -0.2) is 9.59 Å². The Bertz CT molecular complexity index is 449. The number of carbonyl (C=O) groups excluding carboxylic acids is 1. The number of pyridine rings is 1. The minimum atomic E-state index is -1.04. The van der Waals surface area contributed by atoms with Gasteiger partial charge in [0.25, 0.3) is 0 Å². The highest BCUT2D eigenvalue weighted by Gasteiger charge is 2.17. The molecule has 6 nitrogen and oxygen atoms in total. The standard InChI is InChI=1S/C13H19N3O3/c1-3-9-6-5-7-14-11(9)8-15-13(19)16-10(4-2)12(17)18/h5-7,10H,3-4,8H2,1-2H3,(H,17,18)(H2,15,16,19). The molecule has 19 heavy (non-hydrogen) atoms. The molecule has 0 saturated heterocycles. The predicted octanol–water partition coefficient (Wildman–Crippen LogP) is 1.31. The summed E-state index contributed by atoms with van der Waals surface area (Å²) in [5.41, 5.74) is 1.86. The second-order valence-electron chi connectivity index (χ2n) is 4.09. The first-order valence-electron chi connectivity index (χ1n) is 6.28. The maximum absolute atomic E-state index is 11.6. The van der Waals surface area contributed by atoms with Crippen molar-refractivity contribution in [2.24, 2.45) is 0 Å². The predicted molar refractivity (Wildman–Crippen MR) is 70.7 cm³/mol. The van der Waals surface area contributed by atoms with Gasteiger partial charge in [0.15, 0.2) is 0 Å². The molecule has 0 aliphatic carbocycles. The van der Waals surface area contributed by atoms with E-state index in [-0.39, 0.29) is 6.54 Å². The minimum absolute atomic E-state index is 0.284. The van der Waals surface area contributed by atoms with Gasteiger partial charge in [0.05, 0.1) is 12.2 Å². The van der Waals surface area contributed by atoms with E-state index in [0.717, 1.165) is 17.7 Å². The number of amides is 2. The lowest BCUT2D eigenvalue weighted by Gasteiger charge is -2.13. The Morgan fingerprint density at radius 3 is 2.74 bits per heavy atom. The van der Waals surface area contributed by atoms with Crippen molar-refractivity contribution in [1.82, 2.24) is 15.6 Å². The van der Waals surface area contributed by atoms with Gasteiger partial charge >= 0.3 is 12.0 Å². The fourth-order valence-electron chi connectivity index (χ4n) is 1.66. The van der Waals surface area contributed by atoms with Crippen LogP contribution in [0.3, 0.4) is 0 Å². The second kappa shape index (κ2) is 7.35. The highest BCUT2D eigenvalue weighted by Crippen LogP contribution is 2.05. The van der Waals surface area contributed by atoms with Crippen LogP contribution >= 0.6 is 0 Å². The molecule has 1 atom stereocenters. The molecule has 0 spiro atoms. The quantitative estimate of drug-likeness (QED) is 0.723. The van der Waals surface area contributed by atoms with E-state index in [1.807, 2.05) is 19.1 Å². The highest BCUT2D eigenvalue weighted by molar-refractivity contribution is 5.82. The van der Waals surface area contributed by atoms with Crippen molar-refractivity contribution >= 4 is 12.0 Å². The lowest BCUT2D eigenvalue weighted by molar-refractivity contribution is -0.139. The number of carboxylic acids is 1. The van der Waals surface area contributed by atoms with Crippen LogP contribution in [-0.2, 0) is 17.8 Å². The van der Waals surface area contributed by atoms with Crippen molar-refractivity contribution in [3.05, 3.63) is 29.6 Å². The van der Waals surface area contributed by atoms with E-state index in [4.69, 9.17) is 5.11 Å². The van der Waals surface area contributed by atoms with Crippen LogP contribution in [0.2, 0.25) is 0 Å². The zero-order valence-corrected chi connectivity index (χ0v) is 11.1. The van der Waals surface area contributed by atoms with Crippen LogP contribution in [0.1, 0.15) is 31.5 Å². The van der Waals surface area contributed by atoms with E-state index in [0.29, 0.717) is 6.42 Å². The summed E-state index contributed by atoms with van der Waals surface area (Å²) >= 11 is 0. The number of carboxylic acid groups (broad SMARTS) is 1. The van der Waals surface area contributed by atoms with Gasteiger partial charge in [0, 0.05) is 6.20 Å². The summed E-state index contributed by atoms with van der Waals surface area (Å²) in [6.07, 6.45) is 2.84. The number of hydrogen-bond donors (Lipinski definition) is 3. The Hall–Kier alpha value is -2.11. The van der Waals surface area contributed by atoms with E-state index in [2.05, 4.69) is 15.6 Å². The molecule has 0 radical (unpaired) electrons. The third-order valence-electron chi connectivity index (χ3n) is 2.79. The third kappa shape index (κ3) is 4.57. The Balaban J connectivity index is 2.52. The molecule has 0 aliphatic rings. The SMILES string of the molecule is CCc1cccnc1CNC(=O)NC(CC)C(=O)O. The van der Waals surface area contributed by atoms with Crippen LogP contribution in [-0.4, -0.2) is 28.1 Å². The van der Waals surface area contributed by atoms with Gasteiger partial charge in [0.2, 0.25) is 0 Å².